The molecule has 2 aliphatic rings. The molecule has 9 heteroatoms. The smallest absolute Gasteiger partial charge is 0.252 e. The molecule has 2 aromatic rings. The first-order valence-electron chi connectivity index (χ1n) is 11.1. The minimum Gasteiger partial charge on any atom is -0.379 e. The Labute approximate surface area is 194 Å². The summed E-state index contributed by atoms with van der Waals surface area (Å²) in [5, 5.41) is 5.03. The molecule has 1 amide bonds. The van der Waals surface area contributed by atoms with Crippen molar-refractivity contribution in [1.82, 2.24) is 14.5 Å². The van der Waals surface area contributed by atoms with Crippen LogP contribution >= 0.6 is 11.3 Å². The third-order valence-electron chi connectivity index (χ3n) is 6.25. The number of ether oxygens (including phenoxy) is 1. The van der Waals surface area contributed by atoms with Crippen molar-refractivity contribution in [2.24, 2.45) is 5.92 Å². The van der Waals surface area contributed by atoms with E-state index in [0.717, 1.165) is 25.2 Å². The molecule has 1 atom stereocenters. The number of morpholine rings is 1. The maximum atomic E-state index is 13.2. The molecule has 2 fully saturated rings. The molecule has 1 aromatic heterocycles. The first kappa shape index (κ1) is 23.4. The van der Waals surface area contributed by atoms with Gasteiger partial charge in [0.2, 0.25) is 5.91 Å². The van der Waals surface area contributed by atoms with Gasteiger partial charge in [-0.15, -0.1) is 11.3 Å². The topological polar surface area (TPSA) is 79.0 Å². The number of rotatable bonds is 7. The lowest BCUT2D eigenvalue weighted by atomic mass is 9.96. The van der Waals surface area contributed by atoms with Gasteiger partial charge < -0.3 is 10.1 Å². The Kier molecular flexibility index (Phi) is 7.63. The normalized spacial score (nSPS) is 20.2. The van der Waals surface area contributed by atoms with E-state index in [1.807, 2.05) is 0 Å². The van der Waals surface area contributed by atoms with Crippen LogP contribution in [0.15, 0.2) is 46.0 Å². The number of thiophene rings is 1. The molecular weight excluding hydrogens is 446 g/mol. The number of sulfonamides is 1. The van der Waals surface area contributed by atoms with Crippen molar-refractivity contribution >= 4 is 27.3 Å². The molecule has 32 heavy (non-hydrogen) atoms. The van der Waals surface area contributed by atoms with E-state index in [1.165, 1.54) is 21.2 Å². The molecule has 0 saturated carbocycles. The monoisotopic (exact) mass is 477 g/mol. The molecule has 0 unspecified atom stereocenters. The average Bonchev–Trinajstić information content (AvgIpc) is 3.36. The van der Waals surface area contributed by atoms with Crippen LogP contribution in [0.25, 0.3) is 0 Å². The summed E-state index contributed by atoms with van der Waals surface area (Å²) in [4.78, 5) is 15.5. The largest absolute Gasteiger partial charge is 0.379 e. The first-order chi connectivity index (χ1) is 15.4. The zero-order valence-corrected chi connectivity index (χ0v) is 20.0. The van der Waals surface area contributed by atoms with E-state index >= 15 is 0 Å². The predicted molar refractivity (Wildman–Crippen MR) is 125 cm³/mol. The minimum atomic E-state index is -3.46. The summed E-state index contributed by atoms with van der Waals surface area (Å²) >= 11 is 1.23. The van der Waals surface area contributed by atoms with Gasteiger partial charge in [-0.2, -0.15) is 4.31 Å². The summed E-state index contributed by atoms with van der Waals surface area (Å²) in [5.74, 6) is -0.167. The number of hydrogen-bond donors (Lipinski definition) is 1. The van der Waals surface area contributed by atoms with Gasteiger partial charge >= 0.3 is 0 Å². The van der Waals surface area contributed by atoms with E-state index in [9.17, 15) is 13.2 Å². The quantitative estimate of drug-likeness (QED) is 0.663. The highest BCUT2D eigenvalue weighted by atomic mass is 32.2. The van der Waals surface area contributed by atoms with Crippen molar-refractivity contribution in [3.05, 3.63) is 52.9 Å². The Bertz CT molecular complexity index is 979. The van der Waals surface area contributed by atoms with Gasteiger partial charge in [0, 0.05) is 38.6 Å². The second-order valence-corrected chi connectivity index (χ2v) is 11.6. The van der Waals surface area contributed by atoms with Crippen LogP contribution in [0, 0.1) is 12.8 Å². The highest BCUT2D eigenvalue weighted by Crippen LogP contribution is 2.27. The first-order valence-corrected chi connectivity index (χ1v) is 13.5. The van der Waals surface area contributed by atoms with Gasteiger partial charge in [-0.1, -0.05) is 35.9 Å². The van der Waals surface area contributed by atoms with Crippen LogP contribution in [0.5, 0.6) is 0 Å². The SMILES string of the molecule is Cc1ccc([C@@H](CN2CCOCC2)NC(=O)C2CCN(S(=O)(=O)c3cccs3)CC2)cc1. The number of piperidine rings is 1. The molecule has 7 nitrogen and oxygen atoms in total. The second kappa shape index (κ2) is 10.4. The fourth-order valence-corrected chi connectivity index (χ4v) is 6.87. The number of nitrogens with one attached hydrogen (secondary N) is 1. The molecule has 0 aliphatic carbocycles. The van der Waals surface area contributed by atoms with Gasteiger partial charge in [-0.25, -0.2) is 8.42 Å². The van der Waals surface area contributed by atoms with Gasteiger partial charge in [0.15, 0.2) is 0 Å². The molecule has 0 radical (unpaired) electrons. The second-order valence-electron chi connectivity index (χ2n) is 8.50. The Morgan fingerprint density at radius 2 is 1.81 bits per heavy atom. The lowest BCUT2D eigenvalue weighted by Gasteiger charge is -2.33. The zero-order chi connectivity index (χ0) is 22.6. The van der Waals surface area contributed by atoms with Crippen molar-refractivity contribution in [3.63, 3.8) is 0 Å². The third-order valence-corrected chi connectivity index (χ3v) is 9.53. The van der Waals surface area contributed by atoms with Crippen LogP contribution in [0.4, 0.5) is 0 Å². The molecule has 174 valence electrons. The van der Waals surface area contributed by atoms with Crippen LogP contribution in [0.3, 0.4) is 0 Å². The predicted octanol–water partition coefficient (Wildman–Crippen LogP) is 2.65. The lowest BCUT2D eigenvalue weighted by molar-refractivity contribution is -0.127. The van der Waals surface area contributed by atoms with Crippen molar-refractivity contribution in [2.75, 3.05) is 45.9 Å². The summed E-state index contributed by atoms with van der Waals surface area (Å²) in [6.45, 7) is 6.68. The van der Waals surface area contributed by atoms with Gasteiger partial charge in [-0.3, -0.25) is 9.69 Å². The average molecular weight is 478 g/mol. The number of nitrogens with zero attached hydrogens (tertiary/aromatic N) is 2. The Balaban J connectivity index is 1.39. The minimum absolute atomic E-state index is 0.0111. The van der Waals surface area contributed by atoms with E-state index in [4.69, 9.17) is 4.74 Å². The number of carbonyl (C=O) groups is 1. The molecule has 0 bridgehead atoms. The number of amides is 1. The summed E-state index contributed by atoms with van der Waals surface area (Å²) in [5.41, 5.74) is 2.28. The molecule has 4 rings (SSSR count). The Morgan fingerprint density at radius 1 is 1.12 bits per heavy atom. The summed E-state index contributed by atoms with van der Waals surface area (Å²) in [7, 11) is -3.46. The van der Waals surface area contributed by atoms with E-state index in [1.54, 1.807) is 17.5 Å². The molecule has 3 heterocycles. The van der Waals surface area contributed by atoms with Crippen molar-refractivity contribution in [1.29, 1.82) is 0 Å². The van der Waals surface area contributed by atoms with Crippen LogP contribution in [0.2, 0.25) is 0 Å². The molecule has 0 spiro atoms. The third kappa shape index (κ3) is 5.58. The van der Waals surface area contributed by atoms with Crippen LogP contribution < -0.4 is 5.32 Å². The Hall–Kier alpha value is -1.78. The van der Waals surface area contributed by atoms with E-state index in [0.29, 0.717) is 43.4 Å². The fraction of sp³-hybridized carbons (Fsp3) is 0.522. The molecule has 2 aliphatic heterocycles. The van der Waals surface area contributed by atoms with Crippen LogP contribution in [-0.4, -0.2) is 69.5 Å². The van der Waals surface area contributed by atoms with Gasteiger partial charge in [0.1, 0.15) is 4.21 Å². The van der Waals surface area contributed by atoms with Gasteiger partial charge in [0.05, 0.1) is 19.3 Å². The van der Waals surface area contributed by atoms with Crippen LogP contribution in [-0.2, 0) is 19.6 Å². The highest BCUT2D eigenvalue weighted by Gasteiger charge is 2.33. The molecule has 1 aromatic carbocycles. The van der Waals surface area contributed by atoms with Crippen LogP contribution in [0.1, 0.15) is 30.0 Å². The number of hydrogen-bond acceptors (Lipinski definition) is 6. The summed E-state index contributed by atoms with van der Waals surface area (Å²) in [6.07, 6.45) is 1.07. The highest BCUT2D eigenvalue weighted by molar-refractivity contribution is 7.91. The molecule has 1 N–H and O–H groups in total. The molecular formula is C23H31N3O4S2. The molecule has 2 saturated heterocycles. The van der Waals surface area contributed by atoms with Crippen molar-refractivity contribution in [2.45, 2.75) is 30.0 Å². The Morgan fingerprint density at radius 3 is 2.44 bits per heavy atom. The van der Waals surface area contributed by atoms with Gasteiger partial charge in [-0.05, 0) is 36.8 Å². The number of carbonyl (C=O) groups excluding carboxylic acids is 1. The summed E-state index contributed by atoms with van der Waals surface area (Å²) < 4.78 is 32.8. The van der Waals surface area contributed by atoms with E-state index in [2.05, 4.69) is 41.4 Å². The van der Waals surface area contributed by atoms with Crippen molar-refractivity contribution < 1.29 is 17.9 Å². The van der Waals surface area contributed by atoms with E-state index in [-0.39, 0.29) is 17.9 Å². The van der Waals surface area contributed by atoms with Crippen molar-refractivity contribution in [3.8, 4) is 0 Å². The number of benzene rings is 1. The standard InChI is InChI=1S/C23H31N3O4S2/c1-18-4-6-19(7-5-18)21(17-25-12-14-30-15-13-25)24-23(27)20-8-10-26(11-9-20)32(28,29)22-3-2-16-31-22/h2-7,16,20-21H,8-15,17H2,1H3,(H,24,27)/t21-/m1/s1. The van der Waals surface area contributed by atoms with Gasteiger partial charge in [0.25, 0.3) is 10.0 Å². The lowest BCUT2D eigenvalue weighted by Crippen LogP contribution is -2.46. The van der Waals surface area contributed by atoms with E-state index < -0.39 is 10.0 Å². The fourth-order valence-electron chi connectivity index (χ4n) is 4.26. The number of aryl methyl sites for hydroxylation is 1. The maximum Gasteiger partial charge on any atom is 0.252 e. The maximum absolute atomic E-state index is 13.2. The summed E-state index contributed by atoms with van der Waals surface area (Å²) in [6, 6.07) is 11.6. The zero-order valence-electron chi connectivity index (χ0n) is 18.4.